The lowest BCUT2D eigenvalue weighted by atomic mass is 9.82. The lowest BCUT2D eigenvalue weighted by Crippen LogP contribution is -1.96. The summed E-state index contributed by atoms with van der Waals surface area (Å²) in [6.07, 6.45) is 0. The Morgan fingerprint density at radius 1 is 0.192 bits per heavy atom. The molecule has 18 N–H and O–H groups in total. The van der Waals surface area contributed by atoms with E-state index < -0.39 is 158 Å². The third-order valence-electron chi connectivity index (χ3n) is 9.00. The van der Waals surface area contributed by atoms with Crippen LogP contribution in [-0.4, -0.2) is 91.9 Å². The van der Waals surface area contributed by atoms with Crippen LogP contribution in [0.2, 0.25) is 0 Å². The van der Waals surface area contributed by atoms with Gasteiger partial charge < -0.3 is 91.9 Å². The largest absolute Gasteiger partial charge is 0.506 e. The summed E-state index contributed by atoms with van der Waals surface area (Å²) in [7, 11) is 0. The Labute approximate surface area is 285 Å². The Bertz CT molecular complexity index is 2800. The summed E-state index contributed by atoms with van der Waals surface area (Å²) in [5.74, 6) is -24.5. The van der Waals surface area contributed by atoms with Gasteiger partial charge in [0, 0.05) is 32.7 Å². The predicted octanol–water partition coefficient (Wildman–Crippen LogP) is 4.33. The molecular weight excluding hydrogens is 696 g/mol. The molecule has 7 rings (SSSR count). The molecule has 0 aromatic heterocycles. The van der Waals surface area contributed by atoms with Crippen LogP contribution < -0.4 is 0 Å². The van der Waals surface area contributed by atoms with E-state index in [4.69, 9.17) is 0 Å². The number of hydrogen-bond acceptors (Lipinski definition) is 18. The van der Waals surface area contributed by atoms with E-state index in [2.05, 4.69) is 0 Å². The fourth-order valence-corrected chi connectivity index (χ4v) is 6.64. The monoisotopic (exact) mass is 718 g/mol. The van der Waals surface area contributed by atoms with E-state index in [-0.39, 0.29) is 10.8 Å². The van der Waals surface area contributed by atoms with E-state index in [1.54, 1.807) is 0 Å². The normalized spacial score (nSPS) is 11.7. The molecule has 0 bridgehead atoms. The van der Waals surface area contributed by atoms with Gasteiger partial charge in [0.15, 0.2) is 57.5 Å². The molecule has 52 heavy (non-hydrogen) atoms. The Kier molecular flexibility index (Phi) is 6.41. The Balaban J connectivity index is 1.85. The Hall–Kier alpha value is -8.02. The SMILES string of the molecule is Oc1c(O)c(O)c(-c2c3ccccc3c(-c3c(O)c(O)c4c(O)c(O)c5c(O)c(O)c(O)c(O)c5c4c3O)c3c(O)c(O)c(O)c(O)c23)c(O)c1O. The van der Waals surface area contributed by atoms with Gasteiger partial charge in [0.2, 0.25) is 40.2 Å². The maximum Gasteiger partial charge on any atom is 0.208 e. The van der Waals surface area contributed by atoms with Crippen LogP contribution in [0.4, 0.5) is 0 Å². The third-order valence-corrected chi connectivity index (χ3v) is 9.00. The molecule has 0 aliphatic rings. The maximum atomic E-state index is 11.9. The molecule has 18 nitrogen and oxygen atoms in total. The minimum Gasteiger partial charge on any atom is -0.506 e. The number of fused-ring (bicyclic) bond motifs is 5. The Morgan fingerprint density at radius 3 is 0.827 bits per heavy atom. The van der Waals surface area contributed by atoms with Crippen LogP contribution in [0.3, 0.4) is 0 Å². The van der Waals surface area contributed by atoms with Crippen molar-refractivity contribution in [2.24, 2.45) is 0 Å². The summed E-state index contributed by atoms with van der Waals surface area (Å²) >= 11 is 0. The second-order valence-corrected chi connectivity index (χ2v) is 11.6. The van der Waals surface area contributed by atoms with Crippen LogP contribution >= 0.6 is 0 Å². The van der Waals surface area contributed by atoms with E-state index in [9.17, 15) is 91.9 Å². The van der Waals surface area contributed by atoms with Crippen molar-refractivity contribution in [3.63, 3.8) is 0 Å². The lowest BCUT2D eigenvalue weighted by Gasteiger charge is -2.24. The van der Waals surface area contributed by atoms with E-state index in [0.717, 1.165) is 0 Å². The van der Waals surface area contributed by atoms with Gasteiger partial charge in [-0.15, -0.1) is 0 Å². The molecule has 18 heteroatoms. The van der Waals surface area contributed by atoms with E-state index in [0.29, 0.717) is 0 Å². The summed E-state index contributed by atoms with van der Waals surface area (Å²) in [5.41, 5.74) is -3.25. The molecule has 0 unspecified atom stereocenters. The number of aromatic hydroxyl groups is 18. The topological polar surface area (TPSA) is 364 Å². The summed E-state index contributed by atoms with van der Waals surface area (Å²) in [6.45, 7) is 0. The van der Waals surface area contributed by atoms with Crippen LogP contribution in [-0.2, 0) is 0 Å². The zero-order valence-corrected chi connectivity index (χ0v) is 25.4. The van der Waals surface area contributed by atoms with Crippen molar-refractivity contribution in [1.29, 1.82) is 0 Å². The molecule has 266 valence electrons. The highest BCUT2D eigenvalue weighted by atomic mass is 16.4. The first-order chi connectivity index (χ1) is 24.4. The first-order valence-electron chi connectivity index (χ1n) is 14.4. The van der Waals surface area contributed by atoms with Crippen molar-refractivity contribution in [2.45, 2.75) is 0 Å². The smallest absolute Gasteiger partial charge is 0.208 e. The molecule has 7 aromatic rings. The number of phenols is 18. The minimum absolute atomic E-state index is 0.292. The van der Waals surface area contributed by atoms with Gasteiger partial charge in [-0.2, -0.15) is 0 Å². The summed E-state index contributed by atoms with van der Waals surface area (Å²) in [6, 6.07) is 4.99. The zero-order chi connectivity index (χ0) is 38.1. The van der Waals surface area contributed by atoms with Gasteiger partial charge in [0.1, 0.15) is 5.75 Å². The van der Waals surface area contributed by atoms with Gasteiger partial charge in [-0.05, 0) is 10.8 Å². The van der Waals surface area contributed by atoms with Crippen LogP contribution in [0.5, 0.6) is 103 Å². The molecule has 0 spiro atoms. The lowest BCUT2D eigenvalue weighted by molar-refractivity contribution is 0.330. The van der Waals surface area contributed by atoms with Gasteiger partial charge in [-0.3, -0.25) is 0 Å². The molecular formula is C34H22O18. The fraction of sp³-hybridized carbons (Fsp3) is 0. The van der Waals surface area contributed by atoms with Crippen molar-refractivity contribution in [2.75, 3.05) is 0 Å². The van der Waals surface area contributed by atoms with E-state index >= 15 is 0 Å². The minimum atomic E-state index is -1.43. The molecule has 0 saturated carbocycles. The van der Waals surface area contributed by atoms with E-state index in [1.807, 2.05) is 0 Å². The molecule has 0 amide bonds. The van der Waals surface area contributed by atoms with Gasteiger partial charge in [0.25, 0.3) is 0 Å². The van der Waals surface area contributed by atoms with Crippen molar-refractivity contribution >= 4 is 43.1 Å². The van der Waals surface area contributed by atoms with Gasteiger partial charge in [0.05, 0.1) is 21.9 Å². The van der Waals surface area contributed by atoms with E-state index in [1.165, 1.54) is 24.3 Å². The fourth-order valence-electron chi connectivity index (χ4n) is 6.64. The number of rotatable bonds is 2. The van der Waals surface area contributed by atoms with Crippen molar-refractivity contribution < 1.29 is 91.9 Å². The average Bonchev–Trinajstić information content (AvgIpc) is 3.13. The molecule has 0 aliphatic carbocycles. The highest BCUT2D eigenvalue weighted by Crippen LogP contribution is 2.66. The standard InChI is InChI=1S/C34H22O18/c35-17-11-12-16(27(45)31(49)30(48)20(12)38)24(42)23(41)15(11)22(40)21(39)13(17)7-5-3-1-2-4-6(5)8(10-9(7)18(36)28(46)29(47)19(10)37)14-25(43)32(50)34(52)33(51)26(14)44/h1-4,35-52H. The average molecular weight is 719 g/mol. The van der Waals surface area contributed by atoms with Crippen LogP contribution in [0.15, 0.2) is 24.3 Å². The Morgan fingerprint density at radius 2 is 0.423 bits per heavy atom. The summed E-state index contributed by atoms with van der Waals surface area (Å²) < 4.78 is 0. The van der Waals surface area contributed by atoms with Crippen molar-refractivity contribution in [3.05, 3.63) is 24.3 Å². The molecule has 0 aliphatic heterocycles. The first kappa shape index (κ1) is 32.5. The van der Waals surface area contributed by atoms with Crippen LogP contribution in [0.1, 0.15) is 0 Å². The molecule has 0 saturated heterocycles. The molecule has 0 atom stereocenters. The quantitative estimate of drug-likeness (QED) is 0.0511. The maximum absolute atomic E-state index is 11.9. The van der Waals surface area contributed by atoms with Crippen LogP contribution in [0.25, 0.3) is 65.3 Å². The van der Waals surface area contributed by atoms with Crippen molar-refractivity contribution in [3.8, 4) is 126 Å². The van der Waals surface area contributed by atoms with Crippen LogP contribution in [0, 0.1) is 0 Å². The highest BCUT2D eigenvalue weighted by molar-refractivity contribution is 6.30. The van der Waals surface area contributed by atoms with Gasteiger partial charge in [-0.1, -0.05) is 24.3 Å². The van der Waals surface area contributed by atoms with Gasteiger partial charge >= 0.3 is 0 Å². The highest BCUT2D eigenvalue weighted by Gasteiger charge is 2.36. The first-order valence-corrected chi connectivity index (χ1v) is 14.4. The zero-order valence-electron chi connectivity index (χ0n) is 25.4. The molecule has 7 aromatic carbocycles. The summed E-state index contributed by atoms with van der Waals surface area (Å²) in [5, 5.41) is 189. The second-order valence-electron chi connectivity index (χ2n) is 11.6. The molecule has 0 radical (unpaired) electrons. The predicted molar refractivity (Wildman–Crippen MR) is 177 cm³/mol. The van der Waals surface area contributed by atoms with Gasteiger partial charge in [-0.25, -0.2) is 0 Å². The third kappa shape index (κ3) is 3.65. The molecule has 0 heterocycles. The second kappa shape index (κ2) is 10.2. The molecule has 0 fully saturated rings. The van der Waals surface area contributed by atoms with Crippen molar-refractivity contribution in [1.82, 2.24) is 0 Å². The number of hydrogen-bond donors (Lipinski definition) is 18. The number of phenolic OH excluding ortho intramolecular Hbond substituents is 18. The summed E-state index contributed by atoms with van der Waals surface area (Å²) in [4.78, 5) is 0. The number of benzene rings is 7.